The molecule has 0 aliphatic rings. The molecule has 1 rings (SSSR count). The Morgan fingerprint density at radius 3 is 2.57 bits per heavy atom. The third kappa shape index (κ3) is 2.45. The number of rotatable bonds is 2. The number of amides is 1. The topological polar surface area (TPSA) is 33.2 Å². The number of hydrogen-bond donors (Lipinski definition) is 0. The summed E-state index contributed by atoms with van der Waals surface area (Å²) in [6.07, 6.45) is 1.49. The maximum absolute atomic E-state index is 11.7. The van der Waals surface area contributed by atoms with Gasteiger partial charge < -0.3 is 4.90 Å². The highest BCUT2D eigenvalue weighted by atomic mass is 35.5. The lowest BCUT2D eigenvalue weighted by molar-refractivity contribution is 0.0754. The van der Waals surface area contributed by atoms with Gasteiger partial charge in [0.1, 0.15) is 5.15 Å². The standard InChI is InChI=1S/C10H13ClN2O/c1-7(2)13(3)10(14)8-4-5-9(11)12-6-8/h4-7H,1-3H3. The maximum Gasteiger partial charge on any atom is 0.255 e. The van der Waals surface area contributed by atoms with Crippen molar-refractivity contribution in [2.45, 2.75) is 19.9 Å². The van der Waals surface area contributed by atoms with E-state index in [-0.39, 0.29) is 11.9 Å². The van der Waals surface area contributed by atoms with Gasteiger partial charge in [0.15, 0.2) is 0 Å². The first-order valence-corrected chi connectivity index (χ1v) is 4.79. The quantitative estimate of drug-likeness (QED) is 0.705. The minimum absolute atomic E-state index is 0.0378. The van der Waals surface area contributed by atoms with Crippen LogP contribution in [0.15, 0.2) is 18.3 Å². The fraction of sp³-hybridized carbons (Fsp3) is 0.400. The van der Waals surface area contributed by atoms with E-state index in [1.165, 1.54) is 6.20 Å². The largest absolute Gasteiger partial charge is 0.339 e. The van der Waals surface area contributed by atoms with Crippen molar-refractivity contribution >= 4 is 17.5 Å². The van der Waals surface area contributed by atoms with Crippen LogP contribution in [0.5, 0.6) is 0 Å². The molecule has 1 aromatic heterocycles. The van der Waals surface area contributed by atoms with E-state index in [4.69, 9.17) is 11.6 Å². The molecule has 0 saturated heterocycles. The Morgan fingerprint density at radius 1 is 1.50 bits per heavy atom. The van der Waals surface area contributed by atoms with Crippen LogP contribution in [0.4, 0.5) is 0 Å². The van der Waals surface area contributed by atoms with Crippen LogP contribution in [-0.4, -0.2) is 28.9 Å². The first kappa shape index (κ1) is 11.0. The summed E-state index contributed by atoms with van der Waals surface area (Å²) in [7, 11) is 1.77. The number of nitrogens with zero attached hydrogens (tertiary/aromatic N) is 2. The van der Waals surface area contributed by atoms with Crippen LogP contribution in [0.2, 0.25) is 5.15 Å². The Balaban J connectivity index is 2.84. The SMILES string of the molecule is CC(C)N(C)C(=O)c1ccc(Cl)nc1. The van der Waals surface area contributed by atoms with Crippen molar-refractivity contribution in [2.24, 2.45) is 0 Å². The fourth-order valence-electron chi connectivity index (χ4n) is 0.940. The number of halogens is 1. The normalized spacial score (nSPS) is 10.4. The number of carbonyl (C=O) groups is 1. The lowest BCUT2D eigenvalue weighted by atomic mass is 10.2. The molecule has 76 valence electrons. The molecular formula is C10H13ClN2O. The third-order valence-corrected chi connectivity index (χ3v) is 2.29. The summed E-state index contributed by atoms with van der Waals surface area (Å²) in [6, 6.07) is 3.47. The molecular weight excluding hydrogens is 200 g/mol. The summed E-state index contributed by atoms with van der Waals surface area (Å²) < 4.78 is 0. The minimum Gasteiger partial charge on any atom is -0.339 e. The van der Waals surface area contributed by atoms with E-state index >= 15 is 0 Å². The van der Waals surface area contributed by atoms with E-state index in [0.29, 0.717) is 10.7 Å². The second-order valence-electron chi connectivity index (χ2n) is 3.38. The smallest absolute Gasteiger partial charge is 0.255 e. The zero-order valence-corrected chi connectivity index (χ0v) is 9.25. The Morgan fingerprint density at radius 2 is 2.14 bits per heavy atom. The van der Waals surface area contributed by atoms with Crippen molar-refractivity contribution in [3.8, 4) is 0 Å². The first-order valence-electron chi connectivity index (χ1n) is 4.41. The molecule has 0 unspecified atom stereocenters. The van der Waals surface area contributed by atoms with E-state index in [9.17, 15) is 4.79 Å². The van der Waals surface area contributed by atoms with Gasteiger partial charge in [0.05, 0.1) is 5.56 Å². The van der Waals surface area contributed by atoms with E-state index in [0.717, 1.165) is 0 Å². The first-order chi connectivity index (χ1) is 6.52. The fourth-order valence-corrected chi connectivity index (χ4v) is 1.05. The predicted octanol–water partition coefficient (Wildman–Crippen LogP) is 2.22. The highest BCUT2D eigenvalue weighted by Gasteiger charge is 2.13. The molecule has 14 heavy (non-hydrogen) atoms. The summed E-state index contributed by atoms with van der Waals surface area (Å²) in [6.45, 7) is 3.92. The lowest BCUT2D eigenvalue weighted by Gasteiger charge is -2.21. The average molecular weight is 213 g/mol. The van der Waals surface area contributed by atoms with Gasteiger partial charge in [0.25, 0.3) is 5.91 Å². The molecule has 0 atom stereocenters. The monoisotopic (exact) mass is 212 g/mol. The molecule has 0 aliphatic heterocycles. The zero-order chi connectivity index (χ0) is 10.7. The van der Waals surface area contributed by atoms with Crippen molar-refractivity contribution < 1.29 is 4.79 Å². The number of pyridine rings is 1. The van der Waals surface area contributed by atoms with Crippen molar-refractivity contribution in [3.63, 3.8) is 0 Å². The van der Waals surface area contributed by atoms with Gasteiger partial charge in [-0.3, -0.25) is 4.79 Å². The molecule has 0 aliphatic carbocycles. The summed E-state index contributed by atoms with van der Waals surface area (Å²) in [5.41, 5.74) is 0.561. The molecule has 4 heteroatoms. The highest BCUT2D eigenvalue weighted by molar-refractivity contribution is 6.29. The Labute approximate surface area is 88.7 Å². The van der Waals surface area contributed by atoms with Crippen molar-refractivity contribution in [1.82, 2.24) is 9.88 Å². The van der Waals surface area contributed by atoms with Gasteiger partial charge in [-0.1, -0.05) is 11.6 Å². The number of carbonyl (C=O) groups excluding carboxylic acids is 1. The summed E-state index contributed by atoms with van der Waals surface area (Å²) >= 11 is 5.62. The number of hydrogen-bond acceptors (Lipinski definition) is 2. The second-order valence-corrected chi connectivity index (χ2v) is 3.77. The molecule has 0 saturated carbocycles. The van der Waals surface area contributed by atoms with Gasteiger partial charge in [-0.15, -0.1) is 0 Å². The Hall–Kier alpha value is -1.09. The molecule has 1 aromatic rings. The van der Waals surface area contributed by atoms with E-state index in [1.54, 1.807) is 24.1 Å². The maximum atomic E-state index is 11.7. The zero-order valence-electron chi connectivity index (χ0n) is 8.49. The summed E-state index contributed by atoms with van der Waals surface area (Å²) in [5, 5.41) is 0.397. The molecule has 1 amide bonds. The van der Waals surface area contributed by atoms with Crippen LogP contribution in [0.1, 0.15) is 24.2 Å². The molecule has 0 aromatic carbocycles. The molecule has 0 N–H and O–H groups in total. The van der Waals surface area contributed by atoms with Crippen LogP contribution in [0, 0.1) is 0 Å². The second kappa shape index (κ2) is 4.42. The lowest BCUT2D eigenvalue weighted by Crippen LogP contribution is -2.32. The summed E-state index contributed by atoms with van der Waals surface area (Å²) in [4.78, 5) is 17.3. The molecule has 0 radical (unpaired) electrons. The third-order valence-electron chi connectivity index (χ3n) is 2.07. The molecule has 3 nitrogen and oxygen atoms in total. The van der Waals surface area contributed by atoms with Crippen molar-refractivity contribution in [2.75, 3.05) is 7.05 Å². The van der Waals surface area contributed by atoms with Crippen LogP contribution in [0.25, 0.3) is 0 Å². The molecule has 0 spiro atoms. The van der Waals surface area contributed by atoms with Gasteiger partial charge in [0, 0.05) is 19.3 Å². The van der Waals surface area contributed by atoms with Gasteiger partial charge >= 0.3 is 0 Å². The Kier molecular flexibility index (Phi) is 3.47. The van der Waals surface area contributed by atoms with Crippen molar-refractivity contribution in [1.29, 1.82) is 0 Å². The van der Waals surface area contributed by atoms with Crippen LogP contribution >= 0.6 is 11.6 Å². The molecule has 1 heterocycles. The number of aromatic nitrogens is 1. The summed E-state index contributed by atoms with van der Waals surface area (Å²) in [5.74, 6) is -0.0378. The van der Waals surface area contributed by atoms with Gasteiger partial charge in [-0.2, -0.15) is 0 Å². The Bertz CT molecular complexity index is 321. The van der Waals surface area contributed by atoms with Crippen LogP contribution in [-0.2, 0) is 0 Å². The minimum atomic E-state index is -0.0378. The van der Waals surface area contributed by atoms with E-state index in [1.807, 2.05) is 13.8 Å². The van der Waals surface area contributed by atoms with Crippen LogP contribution < -0.4 is 0 Å². The highest BCUT2D eigenvalue weighted by Crippen LogP contribution is 2.08. The molecule has 0 fully saturated rings. The average Bonchev–Trinajstić information content (AvgIpc) is 2.16. The van der Waals surface area contributed by atoms with Gasteiger partial charge in [-0.25, -0.2) is 4.98 Å². The van der Waals surface area contributed by atoms with Gasteiger partial charge in [0.2, 0.25) is 0 Å². The van der Waals surface area contributed by atoms with Gasteiger partial charge in [-0.05, 0) is 26.0 Å². The predicted molar refractivity (Wildman–Crippen MR) is 56.5 cm³/mol. The van der Waals surface area contributed by atoms with Crippen molar-refractivity contribution in [3.05, 3.63) is 29.0 Å². The van der Waals surface area contributed by atoms with E-state index < -0.39 is 0 Å². The molecule has 0 bridgehead atoms. The van der Waals surface area contributed by atoms with Crippen LogP contribution in [0.3, 0.4) is 0 Å². The van der Waals surface area contributed by atoms with E-state index in [2.05, 4.69) is 4.98 Å².